The highest BCUT2D eigenvalue weighted by molar-refractivity contribution is 7.89. The summed E-state index contributed by atoms with van der Waals surface area (Å²) < 4.78 is 26.0. The lowest BCUT2D eigenvalue weighted by Gasteiger charge is -2.30. The van der Waals surface area contributed by atoms with Crippen LogP contribution in [0.25, 0.3) is 0 Å². The molecule has 1 aliphatic heterocycles. The van der Waals surface area contributed by atoms with Crippen LogP contribution in [0.3, 0.4) is 0 Å². The molecular formula is C20H27N3O5S. The number of aryl methyl sites for hydroxylation is 1. The molecule has 1 saturated heterocycles. The molecule has 1 saturated carbocycles. The molecule has 1 aliphatic carbocycles. The van der Waals surface area contributed by atoms with Crippen LogP contribution in [0.1, 0.15) is 44.1 Å². The third-order valence-corrected chi connectivity index (χ3v) is 7.79. The van der Waals surface area contributed by atoms with Crippen LogP contribution in [0, 0.1) is 12.3 Å². The second-order valence-electron chi connectivity index (χ2n) is 8.12. The molecule has 8 nitrogen and oxygen atoms in total. The Morgan fingerprint density at radius 3 is 2.45 bits per heavy atom. The molecule has 1 aromatic rings. The number of imide groups is 1. The SMILES string of the molecule is Cc1ccc(NC(=O)CN2C(=O)CC3(CCCCC3)C2=O)cc1S(=O)(=O)N(C)C. The van der Waals surface area contributed by atoms with Gasteiger partial charge in [0.15, 0.2) is 0 Å². The summed E-state index contributed by atoms with van der Waals surface area (Å²) in [5.41, 5.74) is 0.222. The average Bonchev–Trinajstić information content (AvgIpc) is 2.87. The first-order chi connectivity index (χ1) is 13.6. The Morgan fingerprint density at radius 2 is 1.83 bits per heavy atom. The summed E-state index contributed by atoms with van der Waals surface area (Å²) in [6, 6.07) is 4.59. The third-order valence-electron chi connectivity index (χ3n) is 5.83. The summed E-state index contributed by atoms with van der Waals surface area (Å²) in [5, 5.41) is 2.61. The van der Waals surface area contributed by atoms with Gasteiger partial charge in [0, 0.05) is 26.2 Å². The van der Waals surface area contributed by atoms with Gasteiger partial charge in [-0.05, 0) is 37.5 Å². The fraction of sp³-hybridized carbons (Fsp3) is 0.550. The molecule has 0 aromatic heterocycles. The minimum Gasteiger partial charge on any atom is -0.324 e. The Kier molecular flexibility index (Phi) is 5.82. The molecule has 1 aromatic carbocycles. The van der Waals surface area contributed by atoms with Gasteiger partial charge < -0.3 is 5.32 Å². The first-order valence-electron chi connectivity index (χ1n) is 9.75. The van der Waals surface area contributed by atoms with Crippen LogP contribution in [0.5, 0.6) is 0 Å². The van der Waals surface area contributed by atoms with Crippen LogP contribution < -0.4 is 5.32 Å². The molecule has 158 valence electrons. The first kappa shape index (κ1) is 21.4. The van der Waals surface area contributed by atoms with Gasteiger partial charge in [-0.25, -0.2) is 12.7 Å². The van der Waals surface area contributed by atoms with Gasteiger partial charge in [-0.1, -0.05) is 25.3 Å². The Labute approximate surface area is 171 Å². The summed E-state index contributed by atoms with van der Waals surface area (Å²) in [7, 11) is -0.789. The van der Waals surface area contributed by atoms with E-state index >= 15 is 0 Å². The molecule has 0 atom stereocenters. The Bertz CT molecular complexity index is 949. The molecule has 1 N–H and O–H groups in total. The highest BCUT2D eigenvalue weighted by Crippen LogP contribution is 2.45. The number of nitrogens with zero attached hydrogens (tertiary/aromatic N) is 2. The zero-order chi connectivity index (χ0) is 21.4. The van der Waals surface area contributed by atoms with Crippen molar-refractivity contribution in [3.8, 4) is 0 Å². The van der Waals surface area contributed by atoms with Crippen molar-refractivity contribution >= 4 is 33.4 Å². The van der Waals surface area contributed by atoms with E-state index in [1.807, 2.05) is 0 Å². The lowest BCUT2D eigenvalue weighted by molar-refractivity contribution is -0.144. The van der Waals surface area contributed by atoms with Gasteiger partial charge in [0.1, 0.15) is 6.54 Å². The lowest BCUT2D eigenvalue weighted by atomic mass is 9.73. The summed E-state index contributed by atoms with van der Waals surface area (Å²) in [4.78, 5) is 38.9. The molecule has 3 rings (SSSR count). The summed E-state index contributed by atoms with van der Waals surface area (Å²) in [6.07, 6.45) is 4.47. The number of amides is 3. The molecule has 0 radical (unpaired) electrons. The molecule has 3 amide bonds. The molecular weight excluding hydrogens is 394 g/mol. The zero-order valence-electron chi connectivity index (χ0n) is 17.0. The fourth-order valence-electron chi connectivity index (χ4n) is 4.14. The largest absolute Gasteiger partial charge is 0.324 e. The molecule has 29 heavy (non-hydrogen) atoms. The van der Waals surface area contributed by atoms with E-state index in [-0.39, 0.29) is 29.7 Å². The molecule has 0 unspecified atom stereocenters. The van der Waals surface area contributed by atoms with Crippen molar-refractivity contribution in [3.63, 3.8) is 0 Å². The topological polar surface area (TPSA) is 104 Å². The minimum atomic E-state index is -3.66. The Morgan fingerprint density at radius 1 is 1.17 bits per heavy atom. The molecule has 2 aliphatic rings. The predicted octanol–water partition coefficient (Wildman–Crippen LogP) is 1.89. The second kappa shape index (κ2) is 7.87. The second-order valence-corrected chi connectivity index (χ2v) is 10.2. The number of carbonyl (C=O) groups excluding carboxylic acids is 3. The summed E-state index contributed by atoms with van der Waals surface area (Å²) >= 11 is 0. The first-order valence-corrected chi connectivity index (χ1v) is 11.2. The van der Waals surface area contributed by atoms with Crippen molar-refractivity contribution in [2.75, 3.05) is 26.0 Å². The number of sulfonamides is 1. The predicted molar refractivity (Wildman–Crippen MR) is 108 cm³/mol. The van der Waals surface area contributed by atoms with Crippen LogP contribution in [0.4, 0.5) is 5.69 Å². The smallest absolute Gasteiger partial charge is 0.244 e. The number of likely N-dealkylation sites (tertiary alicyclic amines) is 1. The quantitative estimate of drug-likeness (QED) is 0.731. The van der Waals surface area contributed by atoms with Crippen molar-refractivity contribution in [1.29, 1.82) is 0 Å². The minimum absolute atomic E-state index is 0.0924. The van der Waals surface area contributed by atoms with Crippen molar-refractivity contribution in [2.45, 2.75) is 50.3 Å². The number of hydrogen-bond donors (Lipinski definition) is 1. The fourth-order valence-corrected chi connectivity index (χ4v) is 5.28. The molecule has 1 spiro atoms. The molecule has 0 bridgehead atoms. The van der Waals surface area contributed by atoms with Crippen molar-refractivity contribution in [1.82, 2.24) is 9.21 Å². The Balaban J connectivity index is 1.73. The van der Waals surface area contributed by atoms with E-state index in [1.54, 1.807) is 19.1 Å². The number of nitrogens with one attached hydrogen (secondary N) is 1. The highest BCUT2D eigenvalue weighted by atomic mass is 32.2. The normalized spacial score (nSPS) is 19.2. The van der Waals surface area contributed by atoms with Gasteiger partial charge in [0.05, 0.1) is 10.3 Å². The monoisotopic (exact) mass is 421 g/mol. The number of carbonyl (C=O) groups is 3. The lowest BCUT2D eigenvalue weighted by Crippen LogP contribution is -2.41. The van der Waals surface area contributed by atoms with Crippen molar-refractivity contribution in [3.05, 3.63) is 23.8 Å². The average molecular weight is 422 g/mol. The van der Waals surface area contributed by atoms with Crippen LogP contribution in [0.2, 0.25) is 0 Å². The van der Waals surface area contributed by atoms with Gasteiger partial charge in [-0.15, -0.1) is 0 Å². The van der Waals surface area contributed by atoms with Gasteiger partial charge >= 0.3 is 0 Å². The standard InChI is InChI=1S/C20H27N3O5S/c1-14-7-8-15(11-16(14)29(27,28)22(2)3)21-17(24)13-23-18(25)12-20(19(23)26)9-5-4-6-10-20/h7-8,11H,4-6,9-10,12-13H2,1-3H3,(H,21,24). The van der Waals surface area contributed by atoms with E-state index < -0.39 is 21.3 Å². The molecule has 9 heteroatoms. The van der Waals surface area contributed by atoms with Gasteiger partial charge in [0.25, 0.3) is 0 Å². The summed E-state index contributed by atoms with van der Waals surface area (Å²) in [5.74, 6) is -1.10. The van der Waals surface area contributed by atoms with Crippen molar-refractivity contribution < 1.29 is 22.8 Å². The molecule has 2 fully saturated rings. The number of benzene rings is 1. The van der Waals surface area contributed by atoms with Crippen LogP contribution in [-0.4, -0.2) is 56.0 Å². The third kappa shape index (κ3) is 4.06. The van der Waals surface area contributed by atoms with Gasteiger partial charge in [-0.2, -0.15) is 0 Å². The van der Waals surface area contributed by atoms with E-state index in [0.717, 1.165) is 28.5 Å². The zero-order valence-corrected chi connectivity index (χ0v) is 17.8. The summed E-state index contributed by atoms with van der Waals surface area (Å²) in [6.45, 7) is 1.32. The van der Waals surface area contributed by atoms with E-state index in [9.17, 15) is 22.8 Å². The van der Waals surface area contributed by atoms with E-state index in [2.05, 4.69) is 5.32 Å². The van der Waals surface area contributed by atoms with Crippen molar-refractivity contribution in [2.24, 2.45) is 5.41 Å². The van der Waals surface area contributed by atoms with Crippen LogP contribution >= 0.6 is 0 Å². The van der Waals surface area contributed by atoms with Gasteiger partial charge in [-0.3, -0.25) is 19.3 Å². The maximum absolute atomic E-state index is 12.8. The number of rotatable bonds is 5. The van der Waals surface area contributed by atoms with E-state index in [0.29, 0.717) is 24.1 Å². The Hall–Kier alpha value is -2.26. The number of anilines is 1. The maximum atomic E-state index is 12.8. The van der Waals surface area contributed by atoms with E-state index in [1.165, 1.54) is 20.2 Å². The maximum Gasteiger partial charge on any atom is 0.244 e. The molecule has 1 heterocycles. The van der Waals surface area contributed by atoms with Gasteiger partial charge in [0.2, 0.25) is 27.7 Å². The highest BCUT2D eigenvalue weighted by Gasteiger charge is 2.51. The van der Waals surface area contributed by atoms with Crippen LogP contribution in [0.15, 0.2) is 23.1 Å². The number of hydrogen-bond acceptors (Lipinski definition) is 5. The van der Waals surface area contributed by atoms with Crippen LogP contribution in [-0.2, 0) is 24.4 Å². The van der Waals surface area contributed by atoms with E-state index in [4.69, 9.17) is 0 Å².